The van der Waals surface area contributed by atoms with Gasteiger partial charge < -0.3 is 0 Å². The molecule has 0 atom stereocenters. The molecule has 0 rings (SSSR count). The molecular weight excluding hydrogens is 148 g/mol. The first kappa shape index (κ1) is 9.25. The molecule has 10 heavy (non-hydrogen) atoms. The smallest absolute Gasteiger partial charge is 0.165 e. The molecule has 0 fully saturated rings. The maximum atomic E-state index is 10.8. The Morgan fingerprint density at radius 2 is 2.20 bits per heavy atom. The van der Waals surface area contributed by atoms with Crippen molar-refractivity contribution in [1.82, 2.24) is 0 Å². The Kier molecular flexibility index (Phi) is 3.82. The molecule has 0 N–H and O–H groups in total. The molecule has 3 heteroatoms. The van der Waals surface area contributed by atoms with Crippen LogP contribution >= 0.6 is 0 Å². The summed E-state index contributed by atoms with van der Waals surface area (Å²) in [4.78, 5) is 0. The van der Waals surface area contributed by atoms with Gasteiger partial charge in [0, 0.05) is 0 Å². The predicted octanol–water partition coefficient (Wildman–Crippen LogP) is 0.611. The summed E-state index contributed by atoms with van der Waals surface area (Å²) in [5, 5.41) is 0. The van der Waals surface area contributed by atoms with Gasteiger partial charge in [0.1, 0.15) is 5.75 Å². The Bertz CT molecular complexity index is 251. The van der Waals surface area contributed by atoms with E-state index in [1.165, 1.54) is 6.08 Å². The lowest BCUT2D eigenvalue weighted by molar-refractivity contribution is 0.602. The van der Waals surface area contributed by atoms with Crippen LogP contribution in [0.3, 0.4) is 0 Å². The summed E-state index contributed by atoms with van der Waals surface area (Å²) >= 11 is 0. The second-order valence-electron chi connectivity index (χ2n) is 1.77. The van der Waals surface area contributed by atoms with Gasteiger partial charge in [-0.2, -0.15) is 0 Å². The van der Waals surface area contributed by atoms with Crippen molar-refractivity contribution >= 4 is 9.84 Å². The third-order valence-corrected chi connectivity index (χ3v) is 2.17. The molecule has 0 unspecified atom stereocenters. The molecule has 0 aromatic heterocycles. The lowest BCUT2D eigenvalue weighted by atomic mass is 10.7. The lowest BCUT2D eigenvalue weighted by Gasteiger charge is -1.91. The fraction of sp³-hybridized carbons (Fsp3) is 0.429. The van der Waals surface area contributed by atoms with Crippen molar-refractivity contribution in [2.45, 2.75) is 6.92 Å². The van der Waals surface area contributed by atoms with Crippen molar-refractivity contribution in [3.8, 4) is 11.8 Å². The molecule has 0 saturated heterocycles. The van der Waals surface area contributed by atoms with Gasteiger partial charge in [0.2, 0.25) is 0 Å². The fourth-order valence-electron chi connectivity index (χ4n) is 0.421. The molecule has 0 aliphatic carbocycles. The normalized spacial score (nSPS) is 9.70. The van der Waals surface area contributed by atoms with Crippen molar-refractivity contribution in [2.75, 3.05) is 11.5 Å². The monoisotopic (exact) mass is 158 g/mol. The molecule has 0 spiro atoms. The van der Waals surface area contributed by atoms with Crippen LogP contribution in [0, 0.1) is 11.8 Å². The van der Waals surface area contributed by atoms with Gasteiger partial charge in [-0.05, 0) is 6.92 Å². The Labute approximate surface area is 61.9 Å². The summed E-state index contributed by atoms with van der Waals surface area (Å²) in [5.41, 5.74) is 0. The largest absolute Gasteiger partial charge is 0.228 e. The minimum Gasteiger partial charge on any atom is -0.228 e. The molecule has 0 amide bonds. The predicted molar refractivity (Wildman–Crippen MR) is 42.3 cm³/mol. The molecule has 0 aliphatic rings. The van der Waals surface area contributed by atoms with Gasteiger partial charge in [0.05, 0.1) is 5.75 Å². The molecule has 56 valence electrons. The lowest BCUT2D eigenvalue weighted by Crippen LogP contribution is -2.07. The van der Waals surface area contributed by atoms with Crippen molar-refractivity contribution in [2.24, 2.45) is 0 Å². The van der Waals surface area contributed by atoms with E-state index in [2.05, 4.69) is 18.4 Å². The summed E-state index contributed by atoms with van der Waals surface area (Å²) in [6.07, 6.45) is 1.37. The van der Waals surface area contributed by atoms with Gasteiger partial charge >= 0.3 is 0 Å². The van der Waals surface area contributed by atoms with E-state index in [0.29, 0.717) is 0 Å². The van der Waals surface area contributed by atoms with Crippen molar-refractivity contribution < 1.29 is 8.42 Å². The topological polar surface area (TPSA) is 34.1 Å². The van der Waals surface area contributed by atoms with Crippen LogP contribution in [0.25, 0.3) is 0 Å². The first-order chi connectivity index (χ1) is 4.62. The van der Waals surface area contributed by atoms with Crippen LogP contribution < -0.4 is 0 Å². The van der Waals surface area contributed by atoms with Gasteiger partial charge in [0.25, 0.3) is 0 Å². The van der Waals surface area contributed by atoms with Crippen LogP contribution in [0.2, 0.25) is 0 Å². The molecule has 0 saturated carbocycles. The maximum Gasteiger partial charge on any atom is 0.165 e. The average molecular weight is 158 g/mol. The first-order valence-electron chi connectivity index (χ1n) is 2.83. The third-order valence-electron chi connectivity index (χ3n) is 0.841. The molecule has 0 bridgehead atoms. The van der Waals surface area contributed by atoms with E-state index < -0.39 is 9.84 Å². The second-order valence-corrected chi connectivity index (χ2v) is 3.88. The fourth-order valence-corrected chi connectivity index (χ4v) is 1.26. The van der Waals surface area contributed by atoms with Crippen molar-refractivity contribution in [3.63, 3.8) is 0 Å². The number of hydrogen-bond donors (Lipinski definition) is 0. The van der Waals surface area contributed by atoms with Crippen molar-refractivity contribution in [1.29, 1.82) is 0 Å². The average Bonchev–Trinajstić information content (AvgIpc) is 1.84. The zero-order valence-corrected chi connectivity index (χ0v) is 6.74. The number of hydrogen-bond acceptors (Lipinski definition) is 2. The molecule has 0 heterocycles. The zero-order chi connectivity index (χ0) is 8.04. The van der Waals surface area contributed by atoms with Crippen LogP contribution in [0.15, 0.2) is 12.7 Å². The van der Waals surface area contributed by atoms with E-state index in [-0.39, 0.29) is 11.5 Å². The van der Waals surface area contributed by atoms with Crippen LogP contribution in [0.4, 0.5) is 0 Å². The summed E-state index contributed by atoms with van der Waals surface area (Å²) in [7, 11) is -2.99. The standard InChI is InChI=1S/C7H10O2S/c1-3-5-7-10(8,9)6-4-2/h4H,2,6-7H2,1H3. The zero-order valence-electron chi connectivity index (χ0n) is 5.92. The van der Waals surface area contributed by atoms with E-state index in [1.807, 2.05) is 0 Å². The minimum atomic E-state index is -2.99. The van der Waals surface area contributed by atoms with E-state index >= 15 is 0 Å². The van der Waals surface area contributed by atoms with E-state index in [9.17, 15) is 8.42 Å². The third kappa shape index (κ3) is 4.16. The van der Waals surface area contributed by atoms with E-state index in [0.717, 1.165) is 0 Å². The van der Waals surface area contributed by atoms with E-state index in [4.69, 9.17) is 0 Å². The van der Waals surface area contributed by atoms with Crippen LogP contribution in [0.1, 0.15) is 6.92 Å². The summed E-state index contributed by atoms with van der Waals surface area (Å²) < 4.78 is 21.6. The molecule has 0 radical (unpaired) electrons. The Hall–Kier alpha value is -0.750. The Balaban J connectivity index is 4.10. The minimum absolute atomic E-state index is 0.0156. The molecule has 0 aromatic carbocycles. The van der Waals surface area contributed by atoms with Gasteiger partial charge in [0.15, 0.2) is 9.84 Å². The van der Waals surface area contributed by atoms with Gasteiger partial charge in [-0.15, -0.1) is 12.5 Å². The maximum absolute atomic E-state index is 10.8. The SMILES string of the molecule is C=CCS(=O)(=O)CC#CC. The van der Waals surface area contributed by atoms with Gasteiger partial charge in [-0.25, -0.2) is 8.42 Å². The highest BCUT2D eigenvalue weighted by molar-refractivity contribution is 7.91. The second kappa shape index (κ2) is 4.13. The number of rotatable bonds is 3. The van der Waals surface area contributed by atoms with Crippen LogP contribution in [-0.4, -0.2) is 19.9 Å². The van der Waals surface area contributed by atoms with Gasteiger partial charge in [-0.3, -0.25) is 0 Å². The molecule has 2 nitrogen and oxygen atoms in total. The quantitative estimate of drug-likeness (QED) is 0.445. The molecule has 0 aromatic rings. The number of sulfone groups is 1. The summed E-state index contributed by atoms with van der Waals surface area (Å²) in [6, 6.07) is 0. The van der Waals surface area contributed by atoms with E-state index in [1.54, 1.807) is 6.92 Å². The van der Waals surface area contributed by atoms with Crippen LogP contribution in [-0.2, 0) is 9.84 Å². The first-order valence-corrected chi connectivity index (χ1v) is 4.65. The van der Waals surface area contributed by atoms with Crippen molar-refractivity contribution in [3.05, 3.63) is 12.7 Å². The highest BCUT2D eigenvalue weighted by atomic mass is 32.2. The summed E-state index contributed by atoms with van der Waals surface area (Å²) in [6.45, 7) is 4.94. The van der Waals surface area contributed by atoms with Gasteiger partial charge in [-0.1, -0.05) is 12.0 Å². The Morgan fingerprint density at radius 1 is 1.60 bits per heavy atom. The highest BCUT2D eigenvalue weighted by Gasteiger charge is 2.03. The summed E-state index contributed by atoms with van der Waals surface area (Å²) in [5.74, 6) is 4.96. The van der Waals surface area contributed by atoms with Crippen LogP contribution in [0.5, 0.6) is 0 Å². The Morgan fingerprint density at radius 3 is 2.60 bits per heavy atom. The molecular formula is C7H10O2S. The highest BCUT2D eigenvalue weighted by Crippen LogP contribution is 1.87. The molecule has 0 aliphatic heterocycles.